The predicted octanol–water partition coefficient (Wildman–Crippen LogP) is 2.11. The zero-order valence-electron chi connectivity index (χ0n) is 10.3. The van der Waals surface area contributed by atoms with Gasteiger partial charge in [0.05, 0.1) is 4.90 Å². The van der Waals surface area contributed by atoms with Crippen LogP contribution in [-0.2, 0) is 10.0 Å². The molecule has 0 atom stereocenters. The second-order valence-corrected chi connectivity index (χ2v) is 6.80. The Kier molecular flexibility index (Phi) is 4.79. The van der Waals surface area contributed by atoms with Crippen molar-refractivity contribution in [3.8, 4) is 0 Å². The summed E-state index contributed by atoms with van der Waals surface area (Å²) in [5.41, 5.74) is 0. The Morgan fingerprint density at radius 3 is 2.58 bits per heavy atom. The highest BCUT2D eigenvalue weighted by Crippen LogP contribution is 2.14. The van der Waals surface area contributed by atoms with E-state index < -0.39 is 10.0 Å². The predicted molar refractivity (Wildman–Crippen MR) is 79.2 cm³/mol. The molecule has 0 bridgehead atoms. The fourth-order valence-electron chi connectivity index (χ4n) is 1.69. The highest BCUT2D eigenvalue weighted by Gasteiger charge is 2.13. The minimum Gasteiger partial charge on any atom is -0.372 e. The normalized spacial score (nSPS) is 14.9. The zero-order valence-corrected chi connectivity index (χ0v) is 12.7. The van der Waals surface area contributed by atoms with Crippen LogP contribution in [0.25, 0.3) is 0 Å². The topological polar surface area (TPSA) is 49.4 Å². The molecule has 1 heterocycles. The van der Waals surface area contributed by atoms with E-state index in [0.717, 1.165) is 11.0 Å². The molecular formula is C13H15BrN2O2S. The zero-order chi connectivity index (χ0) is 13.7. The summed E-state index contributed by atoms with van der Waals surface area (Å²) in [6.45, 7) is 1.85. The summed E-state index contributed by atoms with van der Waals surface area (Å²) < 4.78 is 27.5. The summed E-state index contributed by atoms with van der Waals surface area (Å²) >= 11 is 3.28. The maximum atomic E-state index is 12.0. The van der Waals surface area contributed by atoms with Gasteiger partial charge in [-0.15, -0.1) is 0 Å². The number of sulfonamides is 1. The van der Waals surface area contributed by atoms with Crippen molar-refractivity contribution in [2.75, 3.05) is 19.6 Å². The molecule has 1 N–H and O–H groups in total. The van der Waals surface area contributed by atoms with Crippen molar-refractivity contribution in [1.29, 1.82) is 0 Å². The van der Waals surface area contributed by atoms with Crippen molar-refractivity contribution in [3.05, 3.63) is 53.2 Å². The summed E-state index contributed by atoms with van der Waals surface area (Å²) in [6.07, 6.45) is 7.90. The fourth-order valence-corrected chi connectivity index (χ4v) is 2.98. The van der Waals surface area contributed by atoms with Crippen LogP contribution in [0, 0.1) is 0 Å². The van der Waals surface area contributed by atoms with E-state index in [0.29, 0.717) is 13.1 Å². The minimum atomic E-state index is -3.42. The van der Waals surface area contributed by atoms with E-state index in [1.807, 2.05) is 29.3 Å². The van der Waals surface area contributed by atoms with Crippen LogP contribution < -0.4 is 4.72 Å². The first-order valence-corrected chi connectivity index (χ1v) is 8.18. The Hall–Kier alpha value is -1.11. The van der Waals surface area contributed by atoms with E-state index in [1.54, 1.807) is 24.3 Å². The van der Waals surface area contributed by atoms with Gasteiger partial charge in [-0.25, -0.2) is 13.1 Å². The SMILES string of the molecule is O=S(=O)(NCCN1C=CC=CC1)c1ccc(Br)cc1. The molecule has 19 heavy (non-hydrogen) atoms. The number of nitrogens with one attached hydrogen (secondary N) is 1. The molecule has 1 aliphatic heterocycles. The lowest BCUT2D eigenvalue weighted by Crippen LogP contribution is -2.33. The van der Waals surface area contributed by atoms with Gasteiger partial charge in [0.1, 0.15) is 0 Å². The average Bonchev–Trinajstić information content (AvgIpc) is 2.40. The molecule has 0 amide bonds. The third-order valence-corrected chi connectivity index (χ3v) is 4.70. The molecule has 102 valence electrons. The monoisotopic (exact) mass is 342 g/mol. The molecule has 2 rings (SSSR count). The molecule has 0 fully saturated rings. The fraction of sp³-hybridized carbons (Fsp3) is 0.231. The number of nitrogens with zero attached hydrogens (tertiary/aromatic N) is 1. The molecule has 4 nitrogen and oxygen atoms in total. The van der Waals surface area contributed by atoms with Crippen LogP contribution in [-0.4, -0.2) is 33.0 Å². The largest absolute Gasteiger partial charge is 0.372 e. The van der Waals surface area contributed by atoms with Crippen molar-refractivity contribution in [2.45, 2.75) is 4.90 Å². The maximum absolute atomic E-state index is 12.0. The highest BCUT2D eigenvalue weighted by atomic mass is 79.9. The number of allylic oxidation sites excluding steroid dienone is 2. The Labute approximate surface area is 122 Å². The van der Waals surface area contributed by atoms with Gasteiger partial charge in [0.25, 0.3) is 0 Å². The third kappa shape index (κ3) is 4.19. The Morgan fingerprint density at radius 2 is 1.95 bits per heavy atom. The molecule has 1 aliphatic rings. The van der Waals surface area contributed by atoms with E-state index in [2.05, 4.69) is 20.7 Å². The molecule has 0 spiro atoms. The minimum absolute atomic E-state index is 0.282. The molecule has 0 aliphatic carbocycles. The molecular weight excluding hydrogens is 328 g/mol. The van der Waals surface area contributed by atoms with Gasteiger partial charge in [-0.05, 0) is 36.5 Å². The van der Waals surface area contributed by atoms with Crippen LogP contribution in [0.3, 0.4) is 0 Å². The van der Waals surface area contributed by atoms with Crippen LogP contribution in [0.4, 0.5) is 0 Å². The first-order chi connectivity index (χ1) is 9.08. The first-order valence-electron chi connectivity index (χ1n) is 5.90. The second-order valence-electron chi connectivity index (χ2n) is 4.12. The smallest absolute Gasteiger partial charge is 0.240 e. The molecule has 0 saturated carbocycles. The van der Waals surface area contributed by atoms with Gasteiger partial charge in [0, 0.05) is 24.1 Å². The van der Waals surface area contributed by atoms with Gasteiger partial charge in [0.15, 0.2) is 0 Å². The summed E-state index contributed by atoms with van der Waals surface area (Å²) in [5, 5.41) is 0. The Bertz CT molecular complexity index is 579. The van der Waals surface area contributed by atoms with Crippen molar-refractivity contribution in [1.82, 2.24) is 9.62 Å². The lowest BCUT2D eigenvalue weighted by Gasteiger charge is -2.20. The number of hydrogen-bond acceptors (Lipinski definition) is 3. The van der Waals surface area contributed by atoms with E-state index in [4.69, 9.17) is 0 Å². The van der Waals surface area contributed by atoms with Crippen LogP contribution in [0.15, 0.2) is 58.1 Å². The molecule has 1 aromatic carbocycles. The third-order valence-electron chi connectivity index (χ3n) is 2.70. The summed E-state index contributed by atoms with van der Waals surface area (Å²) in [4.78, 5) is 2.33. The maximum Gasteiger partial charge on any atom is 0.240 e. The van der Waals surface area contributed by atoms with Gasteiger partial charge in [0.2, 0.25) is 10.0 Å². The Balaban J connectivity index is 1.89. The first kappa shape index (κ1) is 14.3. The molecule has 0 unspecified atom stereocenters. The number of hydrogen-bond donors (Lipinski definition) is 1. The quantitative estimate of drug-likeness (QED) is 0.891. The van der Waals surface area contributed by atoms with Gasteiger partial charge in [-0.2, -0.15) is 0 Å². The van der Waals surface area contributed by atoms with Crippen LogP contribution in [0.5, 0.6) is 0 Å². The van der Waals surface area contributed by atoms with E-state index in [1.165, 1.54) is 0 Å². The molecule has 1 aromatic rings. The van der Waals surface area contributed by atoms with Crippen LogP contribution >= 0.6 is 15.9 Å². The molecule has 0 radical (unpaired) electrons. The summed E-state index contributed by atoms with van der Waals surface area (Å²) in [6, 6.07) is 6.59. The van der Waals surface area contributed by atoms with Crippen molar-refractivity contribution >= 4 is 26.0 Å². The lowest BCUT2D eigenvalue weighted by molar-refractivity contribution is 0.415. The molecule has 0 saturated heterocycles. The van der Waals surface area contributed by atoms with E-state index in [9.17, 15) is 8.42 Å². The molecule has 0 aromatic heterocycles. The standard InChI is InChI=1S/C13H15BrN2O2S/c14-12-4-6-13(7-5-12)19(17,18)15-8-11-16-9-2-1-3-10-16/h1-7,9,15H,8,10-11H2. The second kappa shape index (κ2) is 6.36. The lowest BCUT2D eigenvalue weighted by atomic mass is 10.3. The number of benzene rings is 1. The van der Waals surface area contributed by atoms with E-state index >= 15 is 0 Å². The average molecular weight is 343 g/mol. The summed E-state index contributed by atoms with van der Waals surface area (Å²) in [5.74, 6) is 0. The Morgan fingerprint density at radius 1 is 1.21 bits per heavy atom. The highest BCUT2D eigenvalue weighted by molar-refractivity contribution is 9.10. The van der Waals surface area contributed by atoms with Crippen LogP contribution in [0.2, 0.25) is 0 Å². The van der Waals surface area contributed by atoms with Gasteiger partial charge in [-0.1, -0.05) is 28.1 Å². The number of halogens is 1. The van der Waals surface area contributed by atoms with Crippen LogP contribution in [0.1, 0.15) is 0 Å². The van der Waals surface area contributed by atoms with Crippen molar-refractivity contribution in [3.63, 3.8) is 0 Å². The van der Waals surface area contributed by atoms with E-state index in [-0.39, 0.29) is 4.90 Å². The summed E-state index contributed by atoms with van der Waals surface area (Å²) in [7, 11) is -3.42. The van der Waals surface area contributed by atoms with Gasteiger partial charge >= 0.3 is 0 Å². The van der Waals surface area contributed by atoms with Gasteiger partial charge < -0.3 is 4.90 Å². The van der Waals surface area contributed by atoms with Crippen molar-refractivity contribution in [2.24, 2.45) is 0 Å². The van der Waals surface area contributed by atoms with Gasteiger partial charge in [-0.3, -0.25) is 0 Å². The molecule has 6 heteroatoms. The van der Waals surface area contributed by atoms with Crippen molar-refractivity contribution < 1.29 is 8.42 Å². The number of rotatable bonds is 5.